The predicted octanol–water partition coefficient (Wildman–Crippen LogP) is 4.71. The summed E-state index contributed by atoms with van der Waals surface area (Å²) in [5, 5.41) is 0. The van der Waals surface area contributed by atoms with Crippen molar-refractivity contribution in [3.05, 3.63) is 60.2 Å². The molecule has 0 unspecified atom stereocenters. The summed E-state index contributed by atoms with van der Waals surface area (Å²) in [5.74, 6) is 0.218. The Hall–Kier alpha value is -2.62. The Morgan fingerprint density at radius 2 is 1.65 bits per heavy atom. The van der Waals surface area contributed by atoms with E-state index >= 15 is 0 Å². The summed E-state index contributed by atoms with van der Waals surface area (Å²) in [7, 11) is 0. The number of hydrogen-bond donors (Lipinski definition) is 0. The van der Waals surface area contributed by atoms with Crippen LogP contribution in [0.25, 0.3) is 0 Å². The first-order valence-corrected chi connectivity index (χ1v) is 9.36. The number of benzene rings is 2. The van der Waals surface area contributed by atoms with E-state index in [4.69, 9.17) is 0 Å². The van der Waals surface area contributed by atoms with Crippen molar-refractivity contribution in [1.82, 2.24) is 0 Å². The summed E-state index contributed by atoms with van der Waals surface area (Å²) in [4.78, 5) is 29.2. The van der Waals surface area contributed by atoms with Gasteiger partial charge in [-0.25, -0.2) is 0 Å². The fourth-order valence-corrected chi connectivity index (χ4v) is 3.83. The van der Waals surface area contributed by atoms with Crippen molar-refractivity contribution in [3.63, 3.8) is 0 Å². The molecule has 2 aromatic carbocycles. The molecule has 0 saturated carbocycles. The SMILES string of the molecule is CCC(=O)N(c1ccccc1)[C@@H]1C[C@H](C)N(C(=O)CC)c2ccccc21. The molecule has 0 saturated heterocycles. The monoisotopic (exact) mass is 350 g/mol. The molecule has 1 aliphatic rings. The van der Waals surface area contributed by atoms with Crippen LogP contribution in [-0.2, 0) is 9.59 Å². The van der Waals surface area contributed by atoms with Gasteiger partial charge in [-0.15, -0.1) is 0 Å². The molecule has 2 amide bonds. The number of carbonyl (C=O) groups excluding carboxylic acids is 2. The first-order valence-electron chi connectivity index (χ1n) is 9.36. The van der Waals surface area contributed by atoms with Crippen LogP contribution in [0, 0.1) is 0 Å². The highest BCUT2D eigenvalue weighted by Crippen LogP contribution is 2.42. The average molecular weight is 350 g/mol. The molecule has 4 nitrogen and oxygen atoms in total. The van der Waals surface area contributed by atoms with Gasteiger partial charge in [-0.05, 0) is 37.1 Å². The first-order chi connectivity index (χ1) is 12.6. The second-order valence-corrected chi connectivity index (χ2v) is 6.73. The third-order valence-corrected chi connectivity index (χ3v) is 5.05. The normalized spacial score (nSPS) is 19.0. The van der Waals surface area contributed by atoms with Crippen LogP contribution < -0.4 is 9.80 Å². The van der Waals surface area contributed by atoms with E-state index in [1.165, 1.54) is 0 Å². The van der Waals surface area contributed by atoms with E-state index in [1.54, 1.807) is 0 Å². The number of carbonyl (C=O) groups is 2. The molecule has 0 bridgehead atoms. The molecule has 0 radical (unpaired) electrons. The molecule has 0 spiro atoms. The van der Waals surface area contributed by atoms with Gasteiger partial charge < -0.3 is 9.80 Å². The largest absolute Gasteiger partial charge is 0.309 e. The standard InChI is InChI=1S/C22H26N2O2/c1-4-21(25)23-16(3)15-20(18-13-9-10-14-19(18)23)24(22(26)5-2)17-11-7-6-8-12-17/h6-14,16,20H,4-5,15H2,1-3H3/t16-,20+/m0/s1. The maximum atomic E-state index is 12.8. The van der Waals surface area contributed by atoms with Gasteiger partial charge in [0.15, 0.2) is 0 Å². The molecule has 0 aromatic heterocycles. The summed E-state index contributed by atoms with van der Waals surface area (Å²) in [6, 6.07) is 17.8. The van der Waals surface area contributed by atoms with Gasteiger partial charge in [-0.3, -0.25) is 9.59 Å². The summed E-state index contributed by atoms with van der Waals surface area (Å²) >= 11 is 0. The summed E-state index contributed by atoms with van der Waals surface area (Å²) in [6.45, 7) is 5.85. The molecule has 2 atom stereocenters. The predicted molar refractivity (Wildman–Crippen MR) is 105 cm³/mol. The van der Waals surface area contributed by atoms with Gasteiger partial charge in [-0.2, -0.15) is 0 Å². The zero-order chi connectivity index (χ0) is 18.7. The smallest absolute Gasteiger partial charge is 0.227 e. The van der Waals surface area contributed by atoms with Crippen molar-refractivity contribution in [2.24, 2.45) is 0 Å². The highest BCUT2D eigenvalue weighted by Gasteiger charge is 2.37. The minimum Gasteiger partial charge on any atom is -0.309 e. The van der Waals surface area contributed by atoms with Crippen LogP contribution in [0.15, 0.2) is 54.6 Å². The Bertz CT molecular complexity index is 788. The van der Waals surface area contributed by atoms with E-state index in [9.17, 15) is 9.59 Å². The van der Waals surface area contributed by atoms with Gasteiger partial charge in [-0.1, -0.05) is 50.2 Å². The zero-order valence-electron chi connectivity index (χ0n) is 15.7. The highest BCUT2D eigenvalue weighted by molar-refractivity contribution is 5.97. The Morgan fingerprint density at radius 3 is 2.31 bits per heavy atom. The van der Waals surface area contributed by atoms with Crippen LogP contribution >= 0.6 is 0 Å². The summed E-state index contributed by atoms with van der Waals surface area (Å²) < 4.78 is 0. The van der Waals surface area contributed by atoms with Crippen LogP contribution in [-0.4, -0.2) is 17.9 Å². The van der Waals surface area contributed by atoms with E-state index in [1.807, 2.05) is 78.2 Å². The quantitative estimate of drug-likeness (QED) is 0.801. The van der Waals surface area contributed by atoms with Gasteiger partial charge in [0.05, 0.1) is 6.04 Å². The van der Waals surface area contributed by atoms with E-state index in [-0.39, 0.29) is 23.9 Å². The minimum absolute atomic E-state index is 0.0400. The maximum Gasteiger partial charge on any atom is 0.227 e. The van der Waals surface area contributed by atoms with Gasteiger partial charge in [0.25, 0.3) is 0 Å². The van der Waals surface area contributed by atoms with Crippen LogP contribution in [0.5, 0.6) is 0 Å². The number of fused-ring (bicyclic) bond motifs is 1. The topological polar surface area (TPSA) is 40.6 Å². The van der Waals surface area contributed by atoms with Gasteiger partial charge in [0.2, 0.25) is 11.8 Å². The molecule has 3 rings (SSSR count). The maximum absolute atomic E-state index is 12.8. The van der Waals surface area contributed by atoms with Crippen LogP contribution in [0.2, 0.25) is 0 Å². The second-order valence-electron chi connectivity index (χ2n) is 6.73. The number of para-hydroxylation sites is 2. The van der Waals surface area contributed by atoms with E-state index in [0.717, 1.165) is 23.4 Å². The molecule has 0 aliphatic carbocycles. The van der Waals surface area contributed by atoms with Crippen molar-refractivity contribution in [3.8, 4) is 0 Å². The molecule has 26 heavy (non-hydrogen) atoms. The lowest BCUT2D eigenvalue weighted by Crippen LogP contribution is -2.47. The first kappa shape index (κ1) is 18.2. The second kappa shape index (κ2) is 7.73. The number of rotatable bonds is 4. The molecule has 1 aliphatic heterocycles. The molecule has 4 heteroatoms. The molecule has 0 fully saturated rings. The lowest BCUT2D eigenvalue weighted by molar-refractivity contribution is -0.119. The number of nitrogens with zero attached hydrogens (tertiary/aromatic N) is 2. The molecule has 2 aromatic rings. The molecule has 136 valence electrons. The highest BCUT2D eigenvalue weighted by atomic mass is 16.2. The van der Waals surface area contributed by atoms with Gasteiger partial charge in [0, 0.05) is 30.3 Å². The fourth-order valence-electron chi connectivity index (χ4n) is 3.83. The molecule has 1 heterocycles. The Kier molecular flexibility index (Phi) is 5.40. The van der Waals surface area contributed by atoms with Crippen LogP contribution in [0.4, 0.5) is 11.4 Å². The average Bonchev–Trinajstić information content (AvgIpc) is 2.68. The van der Waals surface area contributed by atoms with Crippen molar-refractivity contribution >= 4 is 23.2 Å². The lowest BCUT2D eigenvalue weighted by Gasteiger charge is -2.43. The summed E-state index contributed by atoms with van der Waals surface area (Å²) in [5.41, 5.74) is 2.87. The minimum atomic E-state index is -0.0723. The molecular weight excluding hydrogens is 324 g/mol. The van der Waals surface area contributed by atoms with E-state index in [0.29, 0.717) is 12.8 Å². The third kappa shape index (κ3) is 3.24. The number of hydrogen-bond acceptors (Lipinski definition) is 2. The number of amides is 2. The van der Waals surface area contributed by atoms with Gasteiger partial charge in [0.1, 0.15) is 0 Å². The van der Waals surface area contributed by atoms with Crippen molar-refractivity contribution < 1.29 is 9.59 Å². The molecule has 0 N–H and O–H groups in total. The zero-order valence-corrected chi connectivity index (χ0v) is 15.7. The van der Waals surface area contributed by atoms with E-state index in [2.05, 4.69) is 6.92 Å². The van der Waals surface area contributed by atoms with Gasteiger partial charge >= 0.3 is 0 Å². The Morgan fingerprint density at radius 1 is 1.00 bits per heavy atom. The Balaban J connectivity index is 2.11. The van der Waals surface area contributed by atoms with Crippen LogP contribution in [0.1, 0.15) is 51.6 Å². The lowest BCUT2D eigenvalue weighted by atomic mass is 9.89. The van der Waals surface area contributed by atoms with Crippen molar-refractivity contribution in [1.29, 1.82) is 0 Å². The van der Waals surface area contributed by atoms with E-state index < -0.39 is 0 Å². The van der Waals surface area contributed by atoms with Crippen LogP contribution in [0.3, 0.4) is 0 Å². The third-order valence-electron chi connectivity index (χ3n) is 5.05. The fraction of sp³-hybridized carbons (Fsp3) is 0.364. The van der Waals surface area contributed by atoms with Crippen molar-refractivity contribution in [2.45, 2.75) is 52.1 Å². The Labute approximate surface area is 155 Å². The number of anilines is 2. The van der Waals surface area contributed by atoms with Crippen molar-refractivity contribution in [2.75, 3.05) is 9.80 Å². The summed E-state index contributed by atoms with van der Waals surface area (Å²) in [6.07, 6.45) is 1.64. The molecular formula is C22H26N2O2.